The summed E-state index contributed by atoms with van der Waals surface area (Å²) in [5.41, 5.74) is 4.60. The summed E-state index contributed by atoms with van der Waals surface area (Å²) < 4.78 is 0. The molecule has 0 aliphatic heterocycles. The lowest BCUT2D eigenvalue weighted by molar-refractivity contribution is 0.325. The van der Waals surface area contributed by atoms with Crippen LogP contribution < -0.4 is 0 Å². The minimum atomic E-state index is 0.195. The van der Waals surface area contributed by atoms with Crippen molar-refractivity contribution >= 4 is 0 Å². The Morgan fingerprint density at radius 1 is 1.12 bits per heavy atom. The topological polar surface area (TPSA) is 0 Å². The smallest absolute Gasteiger partial charge is 0.00874 e. The van der Waals surface area contributed by atoms with E-state index in [1.54, 1.807) is 11.1 Å². The van der Waals surface area contributed by atoms with Crippen LogP contribution in [0.3, 0.4) is 0 Å². The monoisotopic (exact) mass is 236 g/mol. The van der Waals surface area contributed by atoms with E-state index in [9.17, 15) is 0 Å². The first-order valence-electron chi connectivity index (χ1n) is 6.96. The van der Waals surface area contributed by atoms with Crippen LogP contribution in [0.2, 0.25) is 0 Å². The standard InChI is InChI=1S/C17H32/c1-10-13(4)11-14(5)15(6)16(7)17(8,9)12(2)3/h13,16H,2,10-11H2,1,3-9H3/b15-14+. The Kier molecular flexibility index (Phi) is 6.23. The molecule has 0 amide bonds. The zero-order chi connectivity index (χ0) is 13.8. The molecule has 0 aromatic rings. The summed E-state index contributed by atoms with van der Waals surface area (Å²) in [7, 11) is 0. The maximum atomic E-state index is 4.14. The highest BCUT2D eigenvalue weighted by Crippen LogP contribution is 2.39. The molecule has 2 atom stereocenters. The molecule has 2 unspecified atom stereocenters. The second-order valence-electron chi connectivity index (χ2n) is 6.40. The molecule has 0 fully saturated rings. The number of allylic oxidation sites excluding steroid dienone is 3. The first kappa shape index (κ1) is 16.5. The van der Waals surface area contributed by atoms with Crippen molar-refractivity contribution in [3.63, 3.8) is 0 Å². The molecule has 0 spiro atoms. The van der Waals surface area contributed by atoms with Crippen LogP contribution in [0.1, 0.15) is 68.2 Å². The van der Waals surface area contributed by atoms with Gasteiger partial charge in [-0.3, -0.25) is 0 Å². The molecule has 0 aliphatic rings. The first-order chi connectivity index (χ1) is 7.64. The minimum absolute atomic E-state index is 0.195. The normalized spacial score (nSPS) is 17.4. The van der Waals surface area contributed by atoms with Gasteiger partial charge in [-0.1, -0.05) is 64.3 Å². The molecular formula is C17H32. The predicted molar refractivity (Wildman–Crippen MR) is 80.2 cm³/mol. The fourth-order valence-corrected chi connectivity index (χ4v) is 2.11. The van der Waals surface area contributed by atoms with Crippen molar-refractivity contribution < 1.29 is 0 Å². The maximum Gasteiger partial charge on any atom is -0.00874 e. The third-order valence-electron chi connectivity index (χ3n) is 4.86. The average Bonchev–Trinajstić information content (AvgIpc) is 2.26. The van der Waals surface area contributed by atoms with E-state index in [0.717, 1.165) is 5.92 Å². The van der Waals surface area contributed by atoms with Gasteiger partial charge in [0.1, 0.15) is 0 Å². The van der Waals surface area contributed by atoms with E-state index in [2.05, 4.69) is 62.0 Å². The molecule has 0 radical (unpaired) electrons. The van der Waals surface area contributed by atoms with Gasteiger partial charge in [0.15, 0.2) is 0 Å². The van der Waals surface area contributed by atoms with Crippen molar-refractivity contribution in [1.82, 2.24) is 0 Å². The van der Waals surface area contributed by atoms with Gasteiger partial charge in [0, 0.05) is 0 Å². The van der Waals surface area contributed by atoms with E-state index < -0.39 is 0 Å². The molecule has 0 bridgehead atoms. The van der Waals surface area contributed by atoms with E-state index in [0.29, 0.717) is 5.92 Å². The third kappa shape index (κ3) is 4.33. The zero-order valence-corrected chi connectivity index (χ0v) is 13.3. The van der Waals surface area contributed by atoms with Crippen molar-refractivity contribution in [3.05, 3.63) is 23.3 Å². The Labute approximate surface area is 109 Å². The number of hydrogen-bond acceptors (Lipinski definition) is 0. The molecule has 0 rings (SSSR count). The van der Waals surface area contributed by atoms with Crippen LogP contribution in [-0.2, 0) is 0 Å². The zero-order valence-electron chi connectivity index (χ0n) is 13.3. The second kappa shape index (κ2) is 6.42. The van der Waals surface area contributed by atoms with Crippen molar-refractivity contribution in [2.45, 2.75) is 68.2 Å². The fraction of sp³-hybridized carbons (Fsp3) is 0.765. The van der Waals surface area contributed by atoms with Crippen molar-refractivity contribution in [3.8, 4) is 0 Å². The lowest BCUT2D eigenvalue weighted by atomic mass is 9.70. The molecule has 100 valence electrons. The van der Waals surface area contributed by atoms with E-state index in [1.807, 2.05) is 0 Å². The molecule has 0 heterocycles. The largest absolute Gasteiger partial charge is 0.0996 e. The summed E-state index contributed by atoms with van der Waals surface area (Å²) in [5, 5.41) is 0. The molecule has 0 aromatic heterocycles. The van der Waals surface area contributed by atoms with Gasteiger partial charge >= 0.3 is 0 Å². The lowest BCUT2D eigenvalue weighted by Gasteiger charge is -2.34. The highest BCUT2D eigenvalue weighted by molar-refractivity contribution is 5.20. The Bertz CT molecular complexity index is 291. The van der Waals surface area contributed by atoms with Gasteiger partial charge in [0.05, 0.1) is 0 Å². The fourth-order valence-electron chi connectivity index (χ4n) is 2.11. The second-order valence-corrected chi connectivity index (χ2v) is 6.40. The average molecular weight is 236 g/mol. The number of hydrogen-bond donors (Lipinski definition) is 0. The van der Waals surface area contributed by atoms with Crippen molar-refractivity contribution in [2.24, 2.45) is 17.3 Å². The summed E-state index contributed by atoms with van der Waals surface area (Å²) in [6, 6.07) is 0. The van der Waals surface area contributed by atoms with Crippen LogP contribution in [0, 0.1) is 17.3 Å². The molecule has 0 saturated heterocycles. The molecule has 0 aliphatic carbocycles. The highest BCUT2D eigenvalue weighted by atomic mass is 14.3. The Morgan fingerprint density at radius 3 is 1.94 bits per heavy atom. The maximum absolute atomic E-state index is 4.14. The number of rotatable bonds is 6. The van der Waals surface area contributed by atoms with Crippen molar-refractivity contribution in [1.29, 1.82) is 0 Å². The summed E-state index contributed by atoms with van der Waals surface area (Å²) in [6.07, 6.45) is 2.50. The molecule has 0 N–H and O–H groups in total. The SMILES string of the molecule is C=C(C)C(C)(C)C(C)/C(C)=C(\C)CC(C)CC. The van der Waals surface area contributed by atoms with Gasteiger partial charge in [-0.2, -0.15) is 0 Å². The highest BCUT2D eigenvalue weighted by Gasteiger charge is 2.28. The lowest BCUT2D eigenvalue weighted by Crippen LogP contribution is -2.24. The van der Waals surface area contributed by atoms with Gasteiger partial charge in [-0.05, 0) is 44.4 Å². The van der Waals surface area contributed by atoms with Crippen LogP contribution in [-0.4, -0.2) is 0 Å². The van der Waals surface area contributed by atoms with Crippen molar-refractivity contribution in [2.75, 3.05) is 0 Å². The Hall–Kier alpha value is -0.520. The van der Waals surface area contributed by atoms with Gasteiger partial charge in [-0.15, -0.1) is 0 Å². The van der Waals surface area contributed by atoms with Gasteiger partial charge in [-0.25, -0.2) is 0 Å². The quantitative estimate of drug-likeness (QED) is 0.496. The van der Waals surface area contributed by atoms with E-state index in [-0.39, 0.29) is 5.41 Å². The molecule has 0 saturated carbocycles. The van der Waals surface area contributed by atoms with Crippen LogP contribution in [0.15, 0.2) is 23.3 Å². The van der Waals surface area contributed by atoms with Crippen LogP contribution in [0.4, 0.5) is 0 Å². The summed E-state index contributed by atoms with van der Waals surface area (Å²) in [6.45, 7) is 22.4. The summed E-state index contributed by atoms with van der Waals surface area (Å²) >= 11 is 0. The van der Waals surface area contributed by atoms with Crippen LogP contribution in [0.25, 0.3) is 0 Å². The van der Waals surface area contributed by atoms with Gasteiger partial charge in [0.25, 0.3) is 0 Å². The summed E-state index contributed by atoms with van der Waals surface area (Å²) in [5.74, 6) is 1.37. The van der Waals surface area contributed by atoms with Gasteiger partial charge < -0.3 is 0 Å². The first-order valence-corrected chi connectivity index (χ1v) is 6.96. The third-order valence-corrected chi connectivity index (χ3v) is 4.86. The summed E-state index contributed by atoms with van der Waals surface area (Å²) in [4.78, 5) is 0. The molecule has 0 heteroatoms. The Balaban J connectivity index is 4.96. The predicted octanol–water partition coefficient (Wildman–Crippen LogP) is 6.00. The van der Waals surface area contributed by atoms with Crippen LogP contribution >= 0.6 is 0 Å². The molecule has 17 heavy (non-hydrogen) atoms. The molecule has 0 aromatic carbocycles. The van der Waals surface area contributed by atoms with Crippen LogP contribution in [0.5, 0.6) is 0 Å². The Morgan fingerprint density at radius 2 is 1.59 bits per heavy atom. The molecule has 0 nitrogen and oxygen atoms in total. The van der Waals surface area contributed by atoms with Gasteiger partial charge in [0.2, 0.25) is 0 Å². The van der Waals surface area contributed by atoms with E-state index in [4.69, 9.17) is 0 Å². The van der Waals surface area contributed by atoms with E-state index >= 15 is 0 Å². The molecular weight excluding hydrogens is 204 g/mol. The minimum Gasteiger partial charge on any atom is -0.0996 e. The van der Waals surface area contributed by atoms with E-state index in [1.165, 1.54) is 18.4 Å².